The first kappa shape index (κ1) is 17.6. The highest BCUT2D eigenvalue weighted by Gasteiger charge is 2.30. The summed E-state index contributed by atoms with van der Waals surface area (Å²) in [5.41, 5.74) is 2.02. The van der Waals surface area contributed by atoms with Crippen molar-refractivity contribution in [2.75, 3.05) is 5.32 Å². The van der Waals surface area contributed by atoms with Gasteiger partial charge in [0.15, 0.2) is 0 Å². The second-order valence-corrected chi connectivity index (χ2v) is 5.68. The van der Waals surface area contributed by atoms with E-state index in [1.165, 1.54) is 6.07 Å². The molecule has 1 aromatic carbocycles. The molecule has 0 saturated carbocycles. The monoisotopic (exact) mass is 357 g/mol. The Kier molecular flexibility index (Phi) is 4.46. The molecule has 0 radical (unpaired) electrons. The lowest BCUT2D eigenvalue weighted by Crippen LogP contribution is -2.07. The maximum atomic E-state index is 12.7. The van der Waals surface area contributed by atoms with E-state index in [2.05, 4.69) is 21.9 Å². The third kappa shape index (κ3) is 3.56. The largest absolute Gasteiger partial charge is 0.417 e. The summed E-state index contributed by atoms with van der Waals surface area (Å²) in [6.07, 6.45) is -2.49. The third-order valence-corrected chi connectivity index (χ3v) is 3.82. The molecule has 0 spiro atoms. The standard InChI is InChI=1S/C19H14F3N3O/c1-3-18(26)24-13-5-6-14-11(2)8-17(25-16(14)9-13)15-7-4-12(10-23-15)19(20,21)22/h3-10H,1H2,2H3,(H,24,26). The van der Waals surface area contributed by atoms with Crippen molar-refractivity contribution in [3.05, 3.63) is 66.4 Å². The Balaban J connectivity index is 2.03. The summed E-state index contributed by atoms with van der Waals surface area (Å²) >= 11 is 0. The molecule has 0 aliphatic heterocycles. The van der Waals surface area contributed by atoms with E-state index in [0.29, 0.717) is 22.6 Å². The van der Waals surface area contributed by atoms with Crippen LogP contribution in [-0.2, 0) is 11.0 Å². The van der Waals surface area contributed by atoms with Gasteiger partial charge in [-0.2, -0.15) is 13.2 Å². The van der Waals surface area contributed by atoms with Crippen LogP contribution >= 0.6 is 0 Å². The number of carbonyl (C=O) groups is 1. The Labute approximate surface area is 147 Å². The van der Waals surface area contributed by atoms with Crippen molar-refractivity contribution in [2.24, 2.45) is 0 Å². The highest BCUT2D eigenvalue weighted by atomic mass is 19.4. The van der Waals surface area contributed by atoms with Crippen molar-refractivity contribution < 1.29 is 18.0 Å². The number of aromatic nitrogens is 2. The Morgan fingerprint density at radius 1 is 1.15 bits per heavy atom. The van der Waals surface area contributed by atoms with Crippen molar-refractivity contribution in [1.29, 1.82) is 0 Å². The molecule has 1 N–H and O–H groups in total. The minimum absolute atomic E-state index is 0.337. The van der Waals surface area contributed by atoms with Gasteiger partial charge in [-0.1, -0.05) is 12.6 Å². The number of rotatable bonds is 3. The molecule has 0 unspecified atom stereocenters. The highest BCUT2D eigenvalue weighted by molar-refractivity contribution is 6.00. The number of benzene rings is 1. The van der Waals surface area contributed by atoms with Crippen molar-refractivity contribution in [3.63, 3.8) is 0 Å². The smallest absolute Gasteiger partial charge is 0.322 e. The average Bonchev–Trinajstić information content (AvgIpc) is 2.60. The van der Waals surface area contributed by atoms with Crippen molar-refractivity contribution in [1.82, 2.24) is 9.97 Å². The predicted octanol–water partition coefficient (Wildman–Crippen LogP) is 4.75. The second kappa shape index (κ2) is 6.59. The van der Waals surface area contributed by atoms with Gasteiger partial charge in [-0.3, -0.25) is 9.78 Å². The molecule has 3 aromatic rings. The van der Waals surface area contributed by atoms with E-state index < -0.39 is 11.7 Å². The molecule has 0 fully saturated rings. The summed E-state index contributed by atoms with van der Waals surface area (Å²) in [5, 5.41) is 3.52. The van der Waals surface area contributed by atoms with E-state index in [4.69, 9.17) is 0 Å². The zero-order valence-corrected chi connectivity index (χ0v) is 13.8. The minimum atomic E-state index is -4.43. The number of aryl methyl sites for hydroxylation is 1. The minimum Gasteiger partial charge on any atom is -0.322 e. The molecule has 1 amide bonds. The zero-order chi connectivity index (χ0) is 18.9. The van der Waals surface area contributed by atoms with Gasteiger partial charge < -0.3 is 5.32 Å². The number of anilines is 1. The lowest BCUT2D eigenvalue weighted by atomic mass is 10.1. The number of hydrogen-bond donors (Lipinski definition) is 1. The molecule has 2 aromatic heterocycles. The fourth-order valence-electron chi connectivity index (χ4n) is 2.52. The van der Waals surface area contributed by atoms with E-state index in [-0.39, 0.29) is 5.91 Å². The van der Waals surface area contributed by atoms with Crippen LogP contribution in [0.4, 0.5) is 18.9 Å². The molecule has 0 atom stereocenters. The third-order valence-electron chi connectivity index (χ3n) is 3.82. The molecule has 0 aliphatic carbocycles. The van der Waals surface area contributed by atoms with Gasteiger partial charge in [0.2, 0.25) is 5.91 Å². The Bertz CT molecular complexity index is 995. The molecule has 26 heavy (non-hydrogen) atoms. The molecule has 4 nitrogen and oxygen atoms in total. The predicted molar refractivity (Wildman–Crippen MR) is 93.5 cm³/mol. The van der Waals surface area contributed by atoms with Crippen LogP contribution < -0.4 is 5.32 Å². The quantitative estimate of drug-likeness (QED) is 0.689. The van der Waals surface area contributed by atoms with Gasteiger partial charge in [0, 0.05) is 17.3 Å². The fourth-order valence-corrected chi connectivity index (χ4v) is 2.52. The summed E-state index contributed by atoms with van der Waals surface area (Å²) in [6, 6.07) is 9.29. The summed E-state index contributed by atoms with van der Waals surface area (Å²) in [5.74, 6) is -0.346. The van der Waals surface area contributed by atoms with Crippen LogP contribution in [0.3, 0.4) is 0 Å². The molecule has 3 rings (SSSR count). The molecule has 132 valence electrons. The molecule has 7 heteroatoms. The molecule has 2 heterocycles. The Morgan fingerprint density at radius 3 is 2.54 bits per heavy atom. The average molecular weight is 357 g/mol. The topological polar surface area (TPSA) is 54.9 Å². The van der Waals surface area contributed by atoms with Crippen LogP contribution in [0, 0.1) is 6.92 Å². The second-order valence-electron chi connectivity index (χ2n) is 5.68. The van der Waals surface area contributed by atoms with Crippen LogP contribution in [0.5, 0.6) is 0 Å². The van der Waals surface area contributed by atoms with E-state index in [0.717, 1.165) is 29.3 Å². The Morgan fingerprint density at radius 2 is 1.92 bits per heavy atom. The van der Waals surface area contributed by atoms with Crippen molar-refractivity contribution in [2.45, 2.75) is 13.1 Å². The lowest BCUT2D eigenvalue weighted by Gasteiger charge is -2.10. The number of pyridine rings is 2. The number of amides is 1. The van der Waals surface area contributed by atoms with Crippen LogP contribution in [0.2, 0.25) is 0 Å². The zero-order valence-electron chi connectivity index (χ0n) is 13.8. The normalized spacial score (nSPS) is 11.4. The first-order valence-corrected chi connectivity index (χ1v) is 7.66. The first-order valence-electron chi connectivity index (χ1n) is 7.66. The Hall–Kier alpha value is -3.22. The van der Waals surface area contributed by atoms with Crippen molar-refractivity contribution >= 4 is 22.5 Å². The maximum Gasteiger partial charge on any atom is 0.417 e. The fraction of sp³-hybridized carbons (Fsp3) is 0.105. The molecular weight excluding hydrogens is 343 g/mol. The van der Waals surface area contributed by atoms with E-state index in [1.807, 2.05) is 13.0 Å². The van der Waals surface area contributed by atoms with Gasteiger partial charge >= 0.3 is 6.18 Å². The molecule has 0 aliphatic rings. The van der Waals surface area contributed by atoms with E-state index in [1.54, 1.807) is 18.2 Å². The summed E-state index contributed by atoms with van der Waals surface area (Å²) in [4.78, 5) is 19.8. The molecule has 0 bridgehead atoms. The number of hydrogen-bond acceptors (Lipinski definition) is 3. The maximum absolute atomic E-state index is 12.7. The van der Waals surface area contributed by atoms with Gasteiger partial charge in [-0.25, -0.2) is 4.98 Å². The van der Waals surface area contributed by atoms with Gasteiger partial charge in [0.05, 0.1) is 22.5 Å². The van der Waals surface area contributed by atoms with Crippen LogP contribution in [0.15, 0.2) is 55.3 Å². The number of nitrogens with one attached hydrogen (secondary N) is 1. The highest BCUT2D eigenvalue weighted by Crippen LogP contribution is 2.30. The van der Waals surface area contributed by atoms with Crippen LogP contribution in [0.25, 0.3) is 22.3 Å². The number of nitrogens with zero attached hydrogens (tertiary/aromatic N) is 2. The van der Waals surface area contributed by atoms with Crippen LogP contribution in [0.1, 0.15) is 11.1 Å². The van der Waals surface area contributed by atoms with E-state index >= 15 is 0 Å². The summed E-state index contributed by atoms with van der Waals surface area (Å²) in [7, 11) is 0. The molecule has 0 saturated heterocycles. The lowest BCUT2D eigenvalue weighted by molar-refractivity contribution is -0.137. The van der Waals surface area contributed by atoms with Crippen LogP contribution in [-0.4, -0.2) is 15.9 Å². The number of fused-ring (bicyclic) bond motifs is 1. The van der Waals surface area contributed by atoms with Gasteiger partial charge in [-0.05, 0) is 48.9 Å². The van der Waals surface area contributed by atoms with Crippen molar-refractivity contribution in [3.8, 4) is 11.4 Å². The van der Waals surface area contributed by atoms with Gasteiger partial charge in [0.1, 0.15) is 0 Å². The van der Waals surface area contributed by atoms with E-state index in [9.17, 15) is 18.0 Å². The van der Waals surface area contributed by atoms with Gasteiger partial charge in [-0.15, -0.1) is 0 Å². The number of halogens is 3. The van der Waals surface area contributed by atoms with Gasteiger partial charge in [0.25, 0.3) is 0 Å². The first-order chi connectivity index (χ1) is 12.3. The summed E-state index contributed by atoms with van der Waals surface area (Å²) < 4.78 is 38.0. The summed E-state index contributed by atoms with van der Waals surface area (Å²) in [6.45, 7) is 5.27. The molecular formula is C19H14F3N3O. The SMILES string of the molecule is C=CC(=O)Nc1ccc2c(C)cc(-c3ccc(C(F)(F)F)cn3)nc2c1. The number of carbonyl (C=O) groups excluding carboxylic acids is 1. The number of alkyl halides is 3.